The maximum Gasteiger partial charge on any atom is -0.103 e. The van der Waals surface area contributed by atoms with Crippen LogP contribution in [0.25, 0.3) is 0 Å². The van der Waals surface area contributed by atoms with Gasteiger partial charge in [-0.05, 0) is 0 Å². The van der Waals surface area contributed by atoms with E-state index in [0.717, 1.165) is 0 Å². The van der Waals surface area contributed by atoms with E-state index in [9.17, 15) is 0 Å². The molecule has 0 aliphatic carbocycles. The largest absolute Gasteiger partial charge is 0.390 e. The van der Waals surface area contributed by atoms with Gasteiger partial charge in [-0.3, -0.25) is 0 Å². The Balaban J connectivity index is 3.13. The first-order valence-electron chi connectivity index (χ1n) is 1.35. The summed E-state index contributed by atoms with van der Waals surface area (Å²) in [6.07, 6.45) is 4.26. The van der Waals surface area contributed by atoms with Crippen LogP contribution in [-0.4, -0.2) is 10.2 Å². The number of hydrogen-bond acceptors (Lipinski definition) is 1. The first-order valence-corrected chi connectivity index (χ1v) is 1.35. The minimum atomic E-state index is 1.64. The SMILES string of the molecule is [c-]1ccn[nH]1. The van der Waals surface area contributed by atoms with Gasteiger partial charge in [0.1, 0.15) is 0 Å². The van der Waals surface area contributed by atoms with Crippen LogP contribution in [0.1, 0.15) is 0 Å². The van der Waals surface area contributed by atoms with Crippen molar-refractivity contribution in [3.05, 3.63) is 18.5 Å². The standard InChI is InChI=1S/C3H3N2/c1-2-4-5-3-1/h1-2H,(H,4,5)/q-1. The minimum absolute atomic E-state index is 1.64. The summed E-state index contributed by atoms with van der Waals surface area (Å²) in [5.74, 6) is 0. The molecule has 0 aliphatic rings. The van der Waals surface area contributed by atoms with Crippen molar-refractivity contribution in [2.75, 3.05) is 0 Å². The third-order valence-corrected chi connectivity index (χ3v) is 0.362. The number of aromatic nitrogens is 2. The van der Waals surface area contributed by atoms with Gasteiger partial charge in [0.25, 0.3) is 0 Å². The predicted molar refractivity (Wildman–Crippen MR) is 17.4 cm³/mol. The van der Waals surface area contributed by atoms with Crippen molar-refractivity contribution in [1.29, 1.82) is 0 Å². The fourth-order valence-corrected chi connectivity index (χ4v) is 0.186. The topological polar surface area (TPSA) is 28.7 Å². The van der Waals surface area contributed by atoms with Crippen LogP contribution in [0, 0.1) is 6.20 Å². The van der Waals surface area contributed by atoms with Gasteiger partial charge in [-0.2, -0.15) is 12.3 Å². The fourth-order valence-electron chi connectivity index (χ4n) is 0.186. The van der Waals surface area contributed by atoms with Crippen LogP contribution in [0.3, 0.4) is 0 Å². The molecule has 26 valence electrons. The molecule has 2 nitrogen and oxygen atoms in total. The highest BCUT2D eigenvalue weighted by Crippen LogP contribution is 1.62. The van der Waals surface area contributed by atoms with Crippen LogP contribution >= 0.6 is 0 Å². The highest BCUT2D eigenvalue weighted by Gasteiger charge is 1.41. The lowest BCUT2D eigenvalue weighted by Gasteiger charge is -1.61. The fraction of sp³-hybridized carbons (Fsp3) is 0. The molecule has 2 heteroatoms. The summed E-state index contributed by atoms with van der Waals surface area (Å²) < 4.78 is 0. The molecule has 0 bridgehead atoms. The molecule has 0 aromatic carbocycles. The molecule has 0 radical (unpaired) electrons. The van der Waals surface area contributed by atoms with Crippen LogP contribution in [0.2, 0.25) is 0 Å². The number of hydrogen-bond donors (Lipinski definition) is 1. The monoisotopic (exact) mass is 67.0 g/mol. The van der Waals surface area contributed by atoms with E-state index in [1.54, 1.807) is 12.3 Å². The lowest BCUT2D eigenvalue weighted by Crippen LogP contribution is -1.54. The molecule has 0 aliphatic heterocycles. The summed E-state index contributed by atoms with van der Waals surface area (Å²) in [4.78, 5) is 0. The Bertz CT molecular complexity index is 61.4. The van der Waals surface area contributed by atoms with Crippen molar-refractivity contribution in [1.82, 2.24) is 10.2 Å². The highest BCUT2D eigenvalue weighted by molar-refractivity contribution is 4.69. The van der Waals surface area contributed by atoms with Gasteiger partial charge >= 0.3 is 0 Å². The number of aromatic amines is 1. The maximum atomic E-state index is 3.54. The van der Waals surface area contributed by atoms with E-state index in [-0.39, 0.29) is 0 Å². The zero-order valence-electron chi connectivity index (χ0n) is 2.60. The Morgan fingerprint density at radius 1 is 1.80 bits per heavy atom. The van der Waals surface area contributed by atoms with Crippen molar-refractivity contribution in [3.8, 4) is 0 Å². The first kappa shape index (κ1) is 2.45. The van der Waals surface area contributed by atoms with Crippen LogP contribution in [0.15, 0.2) is 12.3 Å². The average molecular weight is 67.1 g/mol. The molecule has 0 spiro atoms. The molecule has 1 aromatic rings. The lowest BCUT2D eigenvalue weighted by molar-refractivity contribution is 1.08. The van der Waals surface area contributed by atoms with Crippen molar-refractivity contribution in [2.24, 2.45) is 0 Å². The summed E-state index contributed by atoms with van der Waals surface area (Å²) >= 11 is 0. The molecular weight excluding hydrogens is 64.0 g/mol. The quantitative estimate of drug-likeness (QED) is 0.432. The van der Waals surface area contributed by atoms with E-state index in [1.807, 2.05) is 0 Å². The van der Waals surface area contributed by atoms with Crippen LogP contribution in [0.5, 0.6) is 0 Å². The van der Waals surface area contributed by atoms with E-state index in [4.69, 9.17) is 0 Å². The number of nitrogens with one attached hydrogen (secondary N) is 1. The third kappa shape index (κ3) is 0.265. The Morgan fingerprint density at radius 3 is 3.00 bits per heavy atom. The minimum Gasteiger partial charge on any atom is -0.390 e. The summed E-state index contributed by atoms with van der Waals surface area (Å²) in [6, 6.07) is 1.71. The van der Waals surface area contributed by atoms with Crippen LogP contribution < -0.4 is 0 Å². The van der Waals surface area contributed by atoms with Crippen molar-refractivity contribution in [2.45, 2.75) is 0 Å². The zero-order valence-corrected chi connectivity index (χ0v) is 2.60. The number of H-pyrrole nitrogens is 1. The molecule has 0 atom stereocenters. The molecule has 0 saturated heterocycles. The second-order valence-electron chi connectivity index (χ2n) is 0.701. The zero-order chi connectivity index (χ0) is 3.54. The van der Waals surface area contributed by atoms with Gasteiger partial charge in [-0.15, -0.1) is 6.20 Å². The Hall–Kier alpha value is -0.790. The van der Waals surface area contributed by atoms with Gasteiger partial charge in [0.05, 0.1) is 0 Å². The van der Waals surface area contributed by atoms with Gasteiger partial charge in [0.15, 0.2) is 0 Å². The normalized spacial score (nSPS) is 8.00. The molecule has 0 fully saturated rings. The van der Waals surface area contributed by atoms with E-state index in [1.165, 1.54) is 0 Å². The van der Waals surface area contributed by atoms with E-state index < -0.39 is 0 Å². The van der Waals surface area contributed by atoms with E-state index >= 15 is 0 Å². The molecule has 0 saturated carbocycles. The Kier molecular flexibility index (Phi) is 0.433. The summed E-state index contributed by atoms with van der Waals surface area (Å²) in [5.41, 5.74) is 0. The molecule has 0 unspecified atom stereocenters. The summed E-state index contributed by atoms with van der Waals surface area (Å²) in [6.45, 7) is 0. The lowest BCUT2D eigenvalue weighted by atomic mass is 10.8. The predicted octanol–water partition coefficient (Wildman–Crippen LogP) is 0.210. The van der Waals surface area contributed by atoms with E-state index in [2.05, 4.69) is 16.4 Å². The molecule has 5 heavy (non-hydrogen) atoms. The van der Waals surface area contributed by atoms with Gasteiger partial charge in [-0.25, -0.2) is 0 Å². The van der Waals surface area contributed by atoms with Gasteiger partial charge in [0, 0.05) is 0 Å². The van der Waals surface area contributed by atoms with Gasteiger partial charge in [0.2, 0.25) is 0 Å². The maximum absolute atomic E-state index is 3.54. The Labute approximate surface area is 29.8 Å². The van der Waals surface area contributed by atoms with Crippen LogP contribution in [0.4, 0.5) is 0 Å². The number of rotatable bonds is 0. The van der Waals surface area contributed by atoms with Crippen molar-refractivity contribution < 1.29 is 0 Å². The molecule has 1 aromatic heterocycles. The third-order valence-electron chi connectivity index (χ3n) is 0.362. The molecule has 0 amide bonds. The average Bonchev–Trinajstić information content (AvgIpc) is 1.76. The second-order valence-corrected chi connectivity index (χ2v) is 0.701. The number of nitrogens with zero attached hydrogens (tertiary/aromatic N) is 1. The molecule has 1 N–H and O–H groups in total. The molecular formula is C3H3N2-. The van der Waals surface area contributed by atoms with Gasteiger partial charge < -0.3 is 10.2 Å². The smallest absolute Gasteiger partial charge is 0.103 e. The van der Waals surface area contributed by atoms with Gasteiger partial charge in [-0.1, -0.05) is 0 Å². The summed E-state index contributed by atoms with van der Waals surface area (Å²) in [5, 5.41) is 6.03. The van der Waals surface area contributed by atoms with Crippen LogP contribution in [-0.2, 0) is 0 Å². The highest BCUT2D eigenvalue weighted by atomic mass is 15.1. The molecule has 1 heterocycles. The summed E-state index contributed by atoms with van der Waals surface area (Å²) in [7, 11) is 0. The Morgan fingerprint density at radius 2 is 2.80 bits per heavy atom. The van der Waals surface area contributed by atoms with Crippen molar-refractivity contribution >= 4 is 0 Å². The van der Waals surface area contributed by atoms with Crippen molar-refractivity contribution in [3.63, 3.8) is 0 Å². The second kappa shape index (κ2) is 0.885. The van der Waals surface area contributed by atoms with E-state index in [0.29, 0.717) is 0 Å². The first-order chi connectivity index (χ1) is 2.50. The molecule has 1 rings (SSSR count).